The first kappa shape index (κ1) is 11.7. The number of aromatic amines is 1. The zero-order chi connectivity index (χ0) is 12.4. The number of hydrogen-bond donors (Lipinski definition) is 2. The number of aromatic nitrogens is 1. The maximum Gasteiger partial charge on any atom is 0.303 e. The number of nitrogens with one attached hydrogen (secondary N) is 1. The molecule has 3 heteroatoms. The number of H-pyrrole nitrogens is 1. The van der Waals surface area contributed by atoms with Gasteiger partial charge in [-0.2, -0.15) is 0 Å². The topological polar surface area (TPSA) is 53.1 Å². The Morgan fingerprint density at radius 1 is 1.35 bits per heavy atom. The van der Waals surface area contributed by atoms with Crippen LogP contribution in [-0.2, 0) is 4.79 Å². The smallest absolute Gasteiger partial charge is 0.303 e. The molecular weight excluding hydrogens is 214 g/mol. The van der Waals surface area contributed by atoms with Crippen molar-refractivity contribution in [3.63, 3.8) is 0 Å². The zero-order valence-corrected chi connectivity index (χ0v) is 10.1. The molecule has 0 saturated heterocycles. The van der Waals surface area contributed by atoms with Crippen LogP contribution in [0.1, 0.15) is 31.7 Å². The minimum Gasteiger partial charge on any atom is -0.481 e. The van der Waals surface area contributed by atoms with Crippen LogP contribution in [0.4, 0.5) is 0 Å². The lowest BCUT2D eigenvalue weighted by Gasteiger charge is -2.18. The Labute approximate surface area is 100 Å². The van der Waals surface area contributed by atoms with Crippen LogP contribution < -0.4 is 0 Å². The van der Waals surface area contributed by atoms with Gasteiger partial charge in [0.2, 0.25) is 0 Å². The van der Waals surface area contributed by atoms with E-state index in [9.17, 15) is 4.79 Å². The normalized spacial score (nSPS) is 13.1. The van der Waals surface area contributed by atoms with Gasteiger partial charge < -0.3 is 10.1 Å². The summed E-state index contributed by atoms with van der Waals surface area (Å²) in [4.78, 5) is 14.1. The maximum absolute atomic E-state index is 10.9. The number of carboxylic acid groups (broad SMARTS) is 1. The summed E-state index contributed by atoms with van der Waals surface area (Å²) in [7, 11) is 0. The summed E-state index contributed by atoms with van der Waals surface area (Å²) in [5.41, 5.74) is 2.18. The van der Waals surface area contributed by atoms with Crippen LogP contribution in [0.3, 0.4) is 0 Å². The summed E-state index contributed by atoms with van der Waals surface area (Å²) >= 11 is 0. The average molecular weight is 231 g/mol. The number of benzene rings is 1. The molecule has 1 aromatic heterocycles. The second-order valence-corrected chi connectivity index (χ2v) is 4.74. The predicted octanol–water partition coefficient (Wildman–Crippen LogP) is 3.38. The fourth-order valence-corrected chi connectivity index (χ4v) is 2.29. The van der Waals surface area contributed by atoms with Crippen molar-refractivity contribution in [2.24, 2.45) is 5.92 Å². The highest BCUT2D eigenvalue weighted by atomic mass is 16.4. The highest BCUT2D eigenvalue weighted by Gasteiger charge is 2.21. The lowest BCUT2D eigenvalue weighted by molar-refractivity contribution is -0.137. The van der Waals surface area contributed by atoms with Gasteiger partial charge >= 0.3 is 5.97 Å². The van der Waals surface area contributed by atoms with E-state index in [0.29, 0.717) is 5.92 Å². The number of fused-ring (bicyclic) bond motifs is 1. The lowest BCUT2D eigenvalue weighted by Crippen LogP contribution is -2.11. The number of rotatable bonds is 4. The summed E-state index contributed by atoms with van der Waals surface area (Å²) < 4.78 is 0. The van der Waals surface area contributed by atoms with E-state index in [1.54, 1.807) is 0 Å². The van der Waals surface area contributed by atoms with Crippen LogP contribution >= 0.6 is 0 Å². The molecule has 3 nitrogen and oxygen atoms in total. The fourth-order valence-electron chi connectivity index (χ4n) is 2.29. The summed E-state index contributed by atoms with van der Waals surface area (Å²) in [5.74, 6) is -0.372. The van der Waals surface area contributed by atoms with Gasteiger partial charge in [-0.05, 0) is 23.5 Å². The lowest BCUT2D eigenvalue weighted by atomic mass is 9.85. The number of carbonyl (C=O) groups is 1. The molecule has 1 aromatic carbocycles. The fraction of sp³-hybridized carbons (Fsp3) is 0.357. The second-order valence-electron chi connectivity index (χ2n) is 4.74. The van der Waals surface area contributed by atoms with Crippen LogP contribution in [0, 0.1) is 5.92 Å². The van der Waals surface area contributed by atoms with Gasteiger partial charge in [0, 0.05) is 17.1 Å². The van der Waals surface area contributed by atoms with Crippen molar-refractivity contribution in [3.05, 3.63) is 36.0 Å². The largest absolute Gasteiger partial charge is 0.481 e. The van der Waals surface area contributed by atoms with Gasteiger partial charge in [0.25, 0.3) is 0 Å². The molecule has 0 bridgehead atoms. The van der Waals surface area contributed by atoms with E-state index in [4.69, 9.17) is 5.11 Å². The Kier molecular flexibility index (Phi) is 3.18. The molecule has 1 heterocycles. The summed E-state index contributed by atoms with van der Waals surface area (Å²) in [6.45, 7) is 4.13. The van der Waals surface area contributed by atoms with E-state index in [-0.39, 0.29) is 12.3 Å². The quantitative estimate of drug-likeness (QED) is 0.847. The molecule has 0 amide bonds. The first-order chi connectivity index (χ1) is 8.09. The molecule has 17 heavy (non-hydrogen) atoms. The Bertz CT molecular complexity index is 528. The summed E-state index contributed by atoms with van der Waals surface area (Å²) in [6.07, 6.45) is 2.12. The van der Waals surface area contributed by atoms with Crippen molar-refractivity contribution in [1.29, 1.82) is 0 Å². The molecule has 2 rings (SSSR count). The van der Waals surface area contributed by atoms with E-state index >= 15 is 0 Å². The van der Waals surface area contributed by atoms with Crippen molar-refractivity contribution in [2.45, 2.75) is 26.2 Å². The molecule has 0 aliphatic carbocycles. The van der Waals surface area contributed by atoms with Gasteiger partial charge in [-0.15, -0.1) is 0 Å². The van der Waals surface area contributed by atoms with E-state index in [2.05, 4.69) is 18.8 Å². The molecule has 0 aliphatic rings. The van der Waals surface area contributed by atoms with Crippen molar-refractivity contribution < 1.29 is 9.90 Å². The Morgan fingerprint density at radius 3 is 2.71 bits per heavy atom. The minimum atomic E-state index is -0.742. The van der Waals surface area contributed by atoms with E-state index in [0.717, 1.165) is 16.5 Å². The summed E-state index contributed by atoms with van der Waals surface area (Å²) in [5, 5.41) is 10.1. The number of para-hydroxylation sites is 1. The summed E-state index contributed by atoms with van der Waals surface area (Å²) in [6, 6.07) is 8.01. The van der Waals surface area contributed by atoms with Crippen LogP contribution in [0.5, 0.6) is 0 Å². The van der Waals surface area contributed by atoms with Gasteiger partial charge in [-0.1, -0.05) is 32.0 Å². The Balaban J connectivity index is 2.45. The van der Waals surface area contributed by atoms with Crippen molar-refractivity contribution >= 4 is 16.9 Å². The standard InChI is InChI=1S/C14H17NO2/c1-9(2)11(7-14(16)17)12-8-15-13-6-4-3-5-10(12)13/h3-6,8-9,11,15H,7H2,1-2H3,(H,16,17). The molecule has 1 atom stereocenters. The third-order valence-electron chi connectivity index (χ3n) is 3.22. The van der Waals surface area contributed by atoms with Crippen molar-refractivity contribution in [3.8, 4) is 0 Å². The molecule has 0 saturated carbocycles. The van der Waals surface area contributed by atoms with E-state index in [1.807, 2.05) is 30.5 Å². The van der Waals surface area contributed by atoms with Crippen LogP contribution in [0.2, 0.25) is 0 Å². The molecule has 0 fully saturated rings. The van der Waals surface area contributed by atoms with Gasteiger partial charge in [-0.25, -0.2) is 0 Å². The highest BCUT2D eigenvalue weighted by Crippen LogP contribution is 2.33. The van der Waals surface area contributed by atoms with Crippen LogP contribution in [0.25, 0.3) is 10.9 Å². The minimum absolute atomic E-state index is 0.0589. The third kappa shape index (κ3) is 2.33. The van der Waals surface area contributed by atoms with Crippen molar-refractivity contribution in [1.82, 2.24) is 4.98 Å². The molecule has 0 radical (unpaired) electrons. The van der Waals surface area contributed by atoms with Crippen molar-refractivity contribution in [2.75, 3.05) is 0 Å². The van der Waals surface area contributed by atoms with Gasteiger partial charge in [0.15, 0.2) is 0 Å². The first-order valence-electron chi connectivity index (χ1n) is 5.87. The number of aliphatic carboxylic acids is 1. The number of hydrogen-bond acceptors (Lipinski definition) is 1. The van der Waals surface area contributed by atoms with Crippen LogP contribution in [0.15, 0.2) is 30.5 Å². The SMILES string of the molecule is CC(C)C(CC(=O)O)c1c[nH]c2ccccc12. The highest BCUT2D eigenvalue weighted by molar-refractivity contribution is 5.84. The molecule has 2 N–H and O–H groups in total. The molecule has 0 spiro atoms. The second kappa shape index (κ2) is 4.62. The van der Waals surface area contributed by atoms with Gasteiger partial charge in [0.1, 0.15) is 0 Å². The first-order valence-corrected chi connectivity index (χ1v) is 5.87. The monoisotopic (exact) mass is 231 g/mol. The van der Waals surface area contributed by atoms with Gasteiger partial charge in [-0.3, -0.25) is 4.79 Å². The van der Waals surface area contributed by atoms with E-state index in [1.165, 1.54) is 0 Å². The molecular formula is C14H17NO2. The average Bonchev–Trinajstić information content (AvgIpc) is 2.69. The van der Waals surface area contributed by atoms with Gasteiger partial charge in [0.05, 0.1) is 6.42 Å². The molecule has 90 valence electrons. The zero-order valence-electron chi connectivity index (χ0n) is 10.1. The Morgan fingerprint density at radius 2 is 2.06 bits per heavy atom. The third-order valence-corrected chi connectivity index (χ3v) is 3.22. The maximum atomic E-state index is 10.9. The Hall–Kier alpha value is -1.77. The molecule has 1 unspecified atom stereocenters. The number of carboxylic acids is 1. The van der Waals surface area contributed by atoms with E-state index < -0.39 is 5.97 Å². The molecule has 0 aliphatic heterocycles. The molecule has 2 aromatic rings. The van der Waals surface area contributed by atoms with Crippen LogP contribution in [-0.4, -0.2) is 16.1 Å². The predicted molar refractivity (Wildman–Crippen MR) is 68.1 cm³/mol.